The van der Waals surface area contributed by atoms with E-state index in [1.165, 1.54) is 19.3 Å². The van der Waals surface area contributed by atoms with E-state index in [1.54, 1.807) is 7.11 Å². The molecule has 0 amide bonds. The number of methoxy groups -OCH3 is 1. The molecule has 0 saturated carbocycles. The lowest BCUT2D eigenvalue weighted by Crippen LogP contribution is -2.41. The average molecular weight is 442 g/mol. The van der Waals surface area contributed by atoms with E-state index in [0.717, 1.165) is 45.2 Å². The van der Waals surface area contributed by atoms with Crippen LogP contribution in [0.2, 0.25) is 0 Å². The summed E-state index contributed by atoms with van der Waals surface area (Å²) in [7, 11) is 5.71. The lowest BCUT2D eigenvalue weighted by Gasteiger charge is -2.19. The number of ether oxygens (including phenoxy) is 1. The van der Waals surface area contributed by atoms with E-state index in [4.69, 9.17) is 4.74 Å². The highest BCUT2D eigenvalue weighted by Crippen LogP contribution is 2.21. The summed E-state index contributed by atoms with van der Waals surface area (Å²) < 4.78 is 5.07. The second-order valence-corrected chi connectivity index (χ2v) is 7.09. The Bertz CT molecular complexity index is 293. The van der Waals surface area contributed by atoms with E-state index < -0.39 is 0 Å². The van der Waals surface area contributed by atoms with Crippen molar-refractivity contribution in [3.05, 3.63) is 0 Å². The van der Waals surface area contributed by atoms with Crippen LogP contribution in [-0.2, 0) is 4.74 Å². The molecule has 0 aromatic rings. The van der Waals surface area contributed by atoms with Gasteiger partial charge in [0.25, 0.3) is 0 Å². The van der Waals surface area contributed by atoms with Crippen LogP contribution >= 0.6 is 24.0 Å². The Morgan fingerprint density at radius 3 is 2.26 bits per heavy atom. The Kier molecular flexibility index (Phi) is 16.9. The van der Waals surface area contributed by atoms with Gasteiger partial charge in [-0.2, -0.15) is 0 Å². The molecule has 0 heterocycles. The summed E-state index contributed by atoms with van der Waals surface area (Å²) in [5.41, 5.74) is 0.438. The van der Waals surface area contributed by atoms with Crippen LogP contribution in [0.15, 0.2) is 4.99 Å². The van der Waals surface area contributed by atoms with Gasteiger partial charge in [-0.3, -0.25) is 4.99 Å². The van der Waals surface area contributed by atoms with Crippen LogP contribution in [0.25, 0.3) is 0 Å². The third-order valence-electron chi connectivity index (χ3n) is 3.54. The first-order valence-corrected chi connectivity index (χ1v) is 8.51. The molecule has 0 fully saturated rings. The SMILES string of the molecule is CN=C(NCCCCC(C)(C)C)NCCN(C)CCCOC.I. The predicted molar refractivity (Wildman–Crippen MR) is 112 cm³/mol. The minimum atomic E-state index is 0. The highest BCUT2D eigenvalue weighted by molar-refractivity contribution is 14.0. The maximum Gasteiger partial charge on any atom is 0.191 e. The molecule has 0 spiro atoms. The maximum atomic E-state index is 5.07. The van der Waals surface area contributed by atoms with Gasteiger partial charge in [-0.05, 0) is 31.7 Å². The number of nitrogens with one attached hydrogen (secondary N) is 2. The van der Waals surface area contributed by atoms with Crippen LogP contribution in [0, 0.1) is 5.41 Å². The Morgan fingerprint density at radius 1 is 1.04 bits per heavy atom. The zero-order valence-corrected chi connectivity index (χ0v) is 18.4. The number of nitrogens with zero attached hydrogens (tertiary/aromatic N) is 2. The molecule has 0 bridgehead atoms. The molecule has 0 saturated heterocycles. The number of aliphatic imine (C=N–C) groups is 1. The third kappa shape index (κ3) is 18.1. The standard InChI is InChI=1S/C17H38N4O.HI/c1-17(2,3)10-7-8-11-19-16(18-4)20-12-14-21(5)13-9-15-22-6;/h7-15H2,1-6H3,(H2,18,19,20);1H. The first kappa shape index (κ1) is 25.2. The van der Waals surface area contributed by atoms with Crippen LogP contribution in [0.5, 0.6) is 0 Å². The van der Waals surface area contributed by atoms with Crippen molar-refractivity contribution < 1.29 is 4.74 Å². The molecule has 0 aliphatic heterocycles. The predicted octanol–water partition coefficient (Wildman–Crippen LogP) is 2.95. The van der Waals surface area contributed by atoms with Crippen molar-refractivity contribution >= 4 is 29.9 Å². The van der Waals surface area contributed by atoms with Gasteiger partial charge in [0.2, 0.25) is 0 Å². The molecule has 0 aromatic heterocycles. The molecule has 140 valence electrons. The first-order chi connectivity index (χ1) is 10.4. The number of likely N-dealkylation sites (N-methyl/N-ethyl adjacent to an activating group) is 1. The van der Waals surface area contributed by atoms with Gasteiger partial charge in [-0.25, -0.2) is 0 Å². The molecule has 0 rings (SSSR count). The fourth-order valence-corrected chi connectivity index (χ4v) is 2.16. The van der Waals surface area contributed by atoms with Gasteiger partial charge in [-0.15, -0.1) is 24.0 Å². The second-order valence-electron chi connectivity index (χ2n) is 7.09. The van der Waals surface area contributed by atoms with Crippen LogP contribution in [0.3, 0.4) is 0 Å². The molecule has 5 nitrogen and oxygen atoms in total. The molecule has 0 unspecified atom stereocenters. The zero-order valence-electron chi connectivity index (χ0n) is 16.1. The normalized spacial score (nSPS) is 12.2. The summed E-state index contributed by atoms with van der Waals surface area (Å²) in [4.78, 5) is 6.57. The van der Waals surface area contributed by atoms with E-state index in [1.807, 2.05) is 7.05 Å². The lowest BCUT2D eigenvalue weighted by molar-refractivity contribution is 0.180. The fraction of sp³-hybridized carbons (Fsp3) is 0.941. The molecular weight excluding hydrogens is 403 g/mol. The number of unbranched alkanes of at least 4 members (excludes halogenated alkanes) is 1. The van der Waals surface area contributed by atoms with Crippen LogP contribution in [0.4, 0.5) is 0 Å². The van der Waals surface area contributed by atoms with Crippen molar-refractivity contribution in [2.45, 2.75) is 46.5 Å². The quantitative estimate of drug-likeness (QED) is 0.224. The van der Waals surface area contributed by atoms with E-state index in [-0.39, 0.29) is 24.0 Å². The average Bonchev–Trinajstić information content (AvgIpc) is 2.44. The van der Waals surface area contributed by atoms with Crippen molar-refractivity contribution in [3.8, 4) is 0 Å². The zero-order chi connectivity index (χ0) is 16.8. The monoisotopic (exact) mass is 442 g/mol. The lowest BCUT2D eigenvalue weighted by atomic mass is 9.90. The maximum absolute atomic E-state index is 5.07. The van der Waals surface area contributed by atoms with Crippen LogP contribution in [-0.4, -0.2) is 64.9 Å². The van der Waals surface area contributed by atoms with Gasteiger partial charge in [0, 0.05) is 46.9 Å². The Hall–Kier alpha value is -0.0800. The molecule has 23 heavy (non-hydrogen) atoms. The second kappa shape index (κ2) is 15.4. The number of guanidine groups is 1. The molecule has 0 aliphatic rings. The van der Waals surface area contributed by atoms with Gasteiger partial charge >= 0.3 is 0 Å². The number of halogens is 1. The molecule has 0 radical (unpaired) electrons. The Balaban J connectivity index is 0. The minimum absolute atomic E-state index is 0. The van der Waals surface area contributed by atoms with Crippen molar-refractivity contribution in [3.63, 3.8) is 0 Å². The largest absolute Gasteiger partial charge is 0.385 e. The van der Waals surface area contributed by atoms with Gasteiger partial charge < -0.3 is 20.3 Å². The van der Waals surface area contributed by atoms with E-state index in [0.29, 0.717) is 5.41 Å². The number of hydrogen-bond acceptors (Lipinski definition) is 3. The highest BCUT2D eigenvalue weighted by Gasteiger charge is 2.08. The van der Waals surface area contributed by atoms with Crippen molar-refractivity contribution in [2.75, 3.05) is 54.0 Å². The molecule has 0 aliphatic carbocycles. The van der Waals surface area contributed by atoms with Crippen molar-refractivity contribution in [1.82, 2.24) is 15.5 Å². The first-order valence-electron chi connectivity index (χ1n) is 8.51. The van der Waals surface area contributed by atoms with Crippen molar-refractivity contribution in [2.24, 2.45) is 10.4 Å². The highest BCUT2D eigenvalue weighted by atomic mass is 127. The summed E-state index contributed by atoms with van der Waals surface area (Å²) in [6, 6.07) is 0. The van der Waals surface area contributed by atoms with E-state index >= 15 is 0 Å². The molecule has 6 heteroatoms. The molecule has 0 aromatic carbocycles. The molecular formula is C17H39IN4O. The summed E-state index contributed by atoms with van der Waals surface area (Å²) >= 11 is 0. The van der Waals surface area contributed by atoms with Gasteiger partial charge in [0.1, 0.15) is 0 Å². The number of hydrogen-bond donors (Lipinski definition) is 2. The topological polar surface area (TPSA) is 48.9 Å². The molecule has 0 atom stereocenters. The van der Waals surface area contributed by atoms with Gasteiger partial charge in [-0.1, -0.05) is 27.2 Å². The number of rotatable bonds is 11. The van der Waals surface area contributed by atoms with Gasteiger partial charge in [0.05, 0.1) is 0 Å². The summed E-state index contributed by atoms with van der Waals surface area (Å²) in [5, 5.41) is 6.75. The summed E-state index contributed by atoms with van der Waals surface area (Å²) in [6.07, 6.45) is 4.80. The molecule has 2 N–H and O–H groups in total. The third-order valence-corrected chi connectivity index (χ3v) is 3.54. The smallest absolute Gasteiger partial charge is 0.191 e. The summed E-state index contributed by atoms with van der Waals surface area (Å²) in [5.74, 6) is 0.904. The van der Waals surface area contributed by atoms with Crippen molar-refractivity contribution in [1.29, 1.82) is 0 Å². The van der Waals surface area contributed by atoms with E-state index in [9.17, 15) is 0 Å². The fourth-order valence-electron chi connectivity index (χ4n) is 2.16. The minimum Gasteiger partial charge on any atom is -0.385 e. The Labute approximate surface area is 161 Å². The van der Waals surface area contributed by atoms with Crippen LogP contribution in [0.1, 0.15) is 46.5 Å². The van der Waals surface area contributed by atoms with E-state index in [2.05, 4.69) is 48.3 Å². The van der Waals surface area contributed by atoms with Crippen LogP contribution < -0.4 is 10.6 Å². The Morgan fingerprint density at radius 2 is 1.70 bits per heavy atom. The van der Waals surface area contributed by atoms with Gasteiger partial charge in [0.15, 0.2) is 5.96 Å². The summed E-state index contributed by atoms with van der Waals surface area (Å²) in [6.45, 7) is 11.7.